The number of nitrogens with zero attached hydrogens (tertiary/aromatic N) is 1. The van der Waals surface area contributed by atoms with E-state index in [9.17, 15) is 4.79 Å². The van der Waals surface area contributed by atoms with Crippen LogP contribution in [0.4, 0.5) is 0 Å². The van der Waals surface area contributed by atoms with Crippen LogP contribution >= 0.6 is 24.0 Å². The van der Waals surface area contributed by atoms with Gasteiger partial charge in [0.15, 0.2) is 0 Å². The number of hydrogen-bond donors (Lipinski definition) is 0. The Balaban J connectivity index is 2.48. The van der Waals surface area contributed by atoms with Crippen molar-refractivity contribution in [3.05, 3.63) is 35.9 Å². The average Bonchev–Trinajstić information content (AvgIpc) is 2.26. The van der Waals surface area contributed by atoms with Gasteiger partial charge < -0.3 is 4.90 Å². The van der Waals surface area contributed by atoms with Crippen molar-refractivity contribution in [1.29, 1.82) is 0 Å². The molecule has 0 aliphatic carbocycles. The molecule has 1 amide bonds. The Kier molecular flexibility index (Phi) is 4.78. The summed E-state index contributed by atoms with van der Waals surface area (Å²) in [5.74, 6) is 0.485. The largest absolute Gasteiger partial charge is 0.348 e. The summed E-state index contributed by atoms with van der Waals surface area (Å²) in [4.78, 5) is 12.9. The molecular weight excluding hydrogens is 226 g/mol. The van der Waals surface area contributed by atoms with Gasteiger partial charge in [-0.3, -0.25) is 4.79 Å². The third kappa shape index (κ3) is 4.01. The number of rotatable bonds is 3. The molecule has 15 heavy (non-hydrogen) atoms. The second kappa shape index (κ2) is 5.88. The van der Waals surface area contributed by atoms with Crippen molar-refractivity contribution in [2.45, 2.75) is 0 Å². The van der Waals surface area contributed by atoms with Crippen LogP contribution in [0.2, 0.25) is 0 Å². The Morgan fingerprint density at radius 1 is 1.33 bits per heavy atom. The molecule has 1 aromatic carbocycles. The van der Waals surface area contributed by atoms with E-state index in [2.05, 4.69) is 0 Å². The Labute approximate surface area is 99.7 Å². The van der Waals surface area contributed by atoms with Crippen molar-refractivity contribution in [3.8, 4) is 0 Å². The van der Waals surface area contributed by atoms with Crippen molar-refractivity contribution < 1.29 is 4.79 Å². The molecule has 2 nitrogen and oxygen atoms in total. The van der Waals surface area contributed by atoms with Gasteiger partial charge in [-0.25, -0.2) is 0 Å². The van der Waals surface area contributed by atoms with E-state index < -0.39 is 0 Å². The number of carbonyl (C=O) groups is 1. The molecule has 0 radical (unpaired) electrons. The van der Waals surface area contributed by atoms with Crippen molar-refractivity contribution in [2.75, 3.05) is 19.8 Å². The molecule has 0 atom stereocenters. The molecule has 0 N–H and O–H groups in total. The number of carbonyl (C=O) groups excluding carboxylic acids is 1. The highest BCUT2D eigenvalue weighted by Crippen LogP contribution is 2.13. The van der Waals surface area contributed by atoms with Crippen LogP contribution in [0.3, 0.4) is 0 Å². The number of thiocarbonyl (C=S) groups is 1. The van der Waals surface area contributed by atoms with Gasteiger partial charge in [-0.1, -0.05) is 42.5 Å². The molecule has 0 fully saturated rings. The molecule has 0 saturated heterocycles. The maximum atomic E-state index is 11.3. The van der Waals surface area contributed by atoms with Gasteiger partial charge in [0.2, 0.25) is 5.91 Å². The lowest BCUT2D eigenvalue weighted by atomic mass is 10.2. The number of benzene rings is 1. The van der Waals surface area contributed by atoms with Gasteiger partial charge in [0, 0.05) is 14.1 Å². The maximum Gasteiger partial charge on any atom is 0.232 e. The fraction of sp³-hybridized carbons (Fsp3) is 0.273. The fourth-order valence-corrected chi connectivity index (χ4v) is 2.04. The van der Waals surface area contributed by atoms with Crippen LogP contribution in [-0.2, 0) is 4.79 Å². The zero-order valence-electron chi connectivity index (χ0n) is 8.77. The van der Waals surface area contributed by atoms with Gasteiger partial charge >= 0.3 is 0 Å². The molecule has 0 aliphatic heterocycles. The summed E-state index contributed by atoms with van der Waals surface area (Å²) in [7, 11) is 3.49. The highest BCUT2D eigenvalue weighted by Gasteiger charge is 2.07. The minimum atomic E-state index is 0.0817. The third-order valence-corrected chi connectivity index (χ3v) is 3.31. The van der Waals surface area contributed by atoms with Crippen LogP contribution in [0.1, 0.15) is 5.56 Å². The zero-order valence-corrected chi connectivity index (χ0v) is 10.4. The number of thioether (sulfide) groups is 1. The zero-order chi connectivity index (χ0) is 11.3. The molecule has 0 bridgehead atoms. The first kappa shape index (κ1) is 12.2. The molecule has 0 heterocycles. The topological polar surface area (TPSA) is 20.3 Å². The predicted octanol–water partition coefficient (Wildman–Crippen LogP) is 2.18. The van der Waals surface area contributed by atoms with Crippen LogP contribution in [0.15, 0.2) is 30.3 Å². The molecule has 4 heteroatoms. The Bertz CT molecular complexity index is 349. The van der Waals surface area contributed by atoms with Gasteiger partial charge in [0.1, 0.15) is 0 Å². The normalized spacial score (nSPS) is 9.73. The summed E-state index contributed by atoms with van der Waals surface area (Å²) in [5, 5.41) is 0. The van der Waals surface area contributed by atoms with E-state index >= 15 is 0 Å². The van der Waals surface area contributed by atoms with Crippen LogP contribution in [-0.4, -0.2) is 34.9 Å². The Morgan fingerprint density at radius 3 is 2.47 bits per heavy atom. The van der Waals surface area contributed by atoms with E-state index in [0.717, 1.165) is 9.76 Å². The Morgan fingerprint density at radius 2 is 1.93 bits per heavy atom. The second-order valence-electron chi connectivity index (χ2n) is 3.23. The summed E-state index contributed by atoms with van der Waals surface area (Å²) in [6.07, 6.45) is 0. The van der Waals surface area contributed by atoms with Gasteiger partial charge in [-0.2, -0.15) is 0 Å². The monoisotopic (exact) mass is 239 g/mol. The van der Waals surface area contributed by atoms with Gasteiger partial charge in [-0.05, 0) is 5.56 Å². The first-order chi connectivity index (χ1) is 7.11. The lowest BCUT2D eigenvalue weighted by Crippen LogP contribution is -2.24. The highest BCUT2D eigenvalue weighted by molar-refractivity contribution is 8.24. The summed E-state index contributed by atoms with van der Waals surface area (Å²) >= 11 is 6.62. The molecular formula is C11H13NOS2. The Hall–Kier alpha value is -0.870. The molecule has 1 aromatic rings. The summed E-state index contributed by atoms with van der Waals surface area (Å²) in [6, 6.07) is 9.73. The molecule has 0 saturated carbocycles. The molecule has 0 unspecified atom stereocenters. The van der Waals surface area contributed by atoms with E-state index in [1.165, 1.54) is 11.8 Å². The van der Waals surface area contributed by atoms with E-state index in [1.807, 2.05) is 30.3 Å². The van der Waals surface area contributed by atoms with E-state index in [0.29, 0.717) is 5.75 Å². The molecule has 0 aliphatic rings. The average molecular weight is 239 g/mol. The minimum Gasteiger partial charge on any atom is -0.348 e. The van der Waals surface area contributed by atoms with Crippen molar-refractivity contribution >= 4 is 34.1 Å². The molecule has 1 rings (SSSR count). The lowest BCUT2D eigenvalue weighted by molar-refractivity contribution is -0.125. The SMILES string of the molecule is CN(C)C(=O)CSC(=S)c1ccccc1. The first-order valence-electron chi connectivity index (χ1n) is 4.53. The van der Waals surface area contributed by atoms with Crippen LogP contribution in [0.25, 0.3) is 0 Å². The summed E-state index contributed by atoms with van der Waals surface area (Å²) in [5.41, 5.74) is 1.00. The van der Waals surface area contributed by atoms with Crippen molar-refractivity contribution in [3.63, 3.8) is 0 Å². The van der Waals surface area contributed by atoms with E-state index in [1.54, 1.807) is 19.0 Å². The summed E-state index contributed by atoms with van der Waals surface area (Å²) < 4.78 is 0.769. The maximum absolute atomic E-state index is 11.3. The quantitative estimate of drug-likeness (QED) is 0.754. The lowest BCUT2D eigenvalue weighted by Gasteiger charge is -2.09. The molecule has 80 valence electrons. The fourth-order valence-electron chi connectivity index (χ4n) is 0.914. The van der Waals surface area contributed by atoms with Gasteiger partial charge in [-0.15, -0.1) is 11.8 Å². The van der Waals surface area contributed by atoms with Crippen LogP contribution in [0.5, 0.6) is 0 Å². The summed E-state index contributed by atoms with van der Waals surface area (Å²) in [6.45, 7) is 0. The molecule has 0 aromatic heterocycles. The number of hydrogen-bond acceptors (Lipinski definition) is 3. The third-order valence-electron chi connectivity index (χ3n) is 1.84. The van der Waals surface area contributed by atoms with Crippen LogP contribution in [0, 0.1) is 0 Å². The molecule has 0 spiro atoms. The smallest absolute Gasteiger partial charge is 0.232 e. The predicted molar refractivity (Wildman–Crippen MR) is 69.3 cm³/mol. The van der Waals surface area contributed by atoms with Crippen molar-refractivity contribution in [2.24, 2.45) is 0 Å². The first-order valence-corrected chi connectivity index (χ1v) is 5.93. The van der Waals surface area contributed by atoms with E-state index in [-0.39, 0.29) is 5.91 Å². The standard InChI is InChI=1S/C11H13NOS2/c1-12(2)10(13)8-15-11(14)9-6-4-3-5-7-9/h3-7H,8H2,1-2H3. The second-order valence-corrected chi connectivity index (χ2v) is 4.88. The highest BCUT2D eigenvalue weighted by atomic mass is 32.2. The number of amides is 1. The van der Waals surface area contributed by atoms with Gasteiger partial charge in [0.25, 0.3) is 0 Å². The van der Waals surface area contributed by atoms with Crippen molar-refractivity contribution in [1.82, 2.24) is 4.90 Å². The van der Waals surface area contributed by atoms with Crippen LogP contribution < -0.4 is 0 Å². The van der Waals surface area contributed by atoms with Gasteiger partial charge in [0.05, 0.1) is 9.95 Å². The minimum absolute atomic E-state index is 0.0817. The van der Waals surface area contributed by atoms with E-state index in [4.69, 9.17) is 12.2 Å².